The van der Waals surface area contributed by atoms with E-state index in [2.05, 4.69) is 10.6 Å². The predicted molar refractivity (Wildman–Crippen MR) is 108 cm³/mol. The van der Waals surface area contributed by atoms with Crippen molar-refractivity contribution < 1.29 is 28.7 Å². The Morgan fingerprint density at radius 1 is 1.23 bits per heavy atom. The van der Waals surface area contributed by atoms with Gasteiger partial charge in [-0.25, -0.2) is 9.59 Å². The van der Waals surface area contributed by atoms with E-state index in [-0.39, 0.29) is 28.3 Å². The first kappa shape index (κ1) is 23.0. The van der Waals surface area contributed by atoms with Crippen molar-refractivity contribution in [1.82, 2.24) is 10.6 Å². The monoisotopic (exact) mass is 421 g/mol. The maximum Gasteiger partial charge on any atom is 0.338 e. The van der Waals surface area contributed by atoms with Crippen molar-refractivity contribution in [1.29, 1.82) is 0 Å². The average molecular weight is 421 g/mol. The summed E-state index contributed by atoms with van der Waals surface area (Å²) in [7, 11) is 2.76. The lowest BCUT2D eigenvalue weighted by Crippen LogP contribution is -2.46. The fraction of sp³-hybridized carbons (Fsp3) is 0.500. The lowest BCUT2D eigenvalue weighted by Gasteiger charge is -2.30. The summed E-state index contributed by atoms with van der Waals surface area (Å²) in [4.78, 5) is 36.4. The summed E-state index contributed by atoms with van der Waals surface area (Å²) in [5.74, 6) is -0.259. The fourth-order valence-electron chi connectivity index (χ4n) is 3.19. The smallest absolute Gasteiger partial charge is 0.338 e. The Morgan fingerprint density at radius 3 is 2.40 bits per heavy atom. The molecule has 1 unspecified atom stereocenters. The third-order valence-electron chi connectivity index (χ3n) is 4.54. The lowest BCUT2D eigenvalue weighted by atomic mass is 9.92. The summed E-state index contributed by atoms with van der Waals surface area (Å²) < 4.78 is 15.8. The summed E-state index contributed by atoms with van der Waals surface area (Å²) in [6.07, 6.45) is 1.57. The van der Waals surface area contributed by atoms with E-state index >= 15 is 0 Å². The van der Waals surface area contributed by atoms with E-state index in [9.17, 15) is 19.7 Å². The van der Waals surface area contributed by atoms with E-state index in [4.69, 9.17) is 14.2 Å². The van der Waals surface area contributed by atoms with Crippen molar-refractivity contribution in [2.75, 3.05) is 14.2 Å². The van der Waals surface area contributed by atoms with Crippen LogP contribution < -0.4 is 20.1 Å². The summed E-state index contributed by atoms with van der Waals surface area (Å²) >= 11 is 0. The minimum Gasteiger partial charge on any atom is -0.493 e. The SMILES string of the molecule is CCCCC1=C(C(=O)OC(C)C)C(c2cc(OC)c(OC)cc2[N+](=O)[O-])NC(=O)N1. The molecule has 1 aromatic carbocycles. The van der Waals surface area contributed by atoms with Crippen molar-refractivity contribution >= 4 is 17.7 Å². The Balaban J connectivity index is 2.72. The van der Waals surface area contributed by atoms with Crippen molar-refractivity contribution in [3.05, 3.63) is 39.1 Å². The molecule has 0 saturated carbocycles. The van der Waals surface area contributed by atoms with Gasteiger partial charge >= 0.3 is 12.0 Å². The molecule has 2 amide bonds. The van der Waals surface area contributed by atoms with Gasteiger partial charge in [0.1, 0.15) is 0 Å². The first-order chi connectivity index (χ1) is 14.2. The first-order valence-corrected chi connectivity index (χ1v) is 9.65. The second kappa shape index (κ2) is 9.95. The van der Waals surface area contributed by atoms with Crippen LogP contribution in [0, 0.1) is 10.1 Å². The fourth-order valence-corrected chi connectivity index (χ4v) is 3.19. The molecule has 1 aliphatic rings. The molecular weight excluding hydrogens is 394 g/mol. The predicted octanol–water partition coefficient (Wildman–Crippen LogP) is 3.36. The van der Waals surface area contributed by atoms with E-state index in [1.165, 1.54) is 26.4 Å². The van der Waals surface area contributed by atoms with Gasteiger partial charge in [-0.15, -0.1) is 0 Å². The van der Waals surface area contributed by atoms with Gasteiger partial charge in [0.15, 0.2) is 11.5 Å². The summed E-state index contributed by atoms with van der Waals surface area (Å²) in [6.45, 7) is 5.38. The number of unbranched alkanes of at least 4 members (excludes halogenated alkanes) is 1. The summed E-state index contributed by atoms with van der Waals surface area (Å²) in [5.41, 5.74) is 0.300. The largest absolute Gasteiger partial charge is 0.493 e. The molecule has 2 N–H and O–H groups in total. The number of nitro groups is 1. The maximum atomic E-state index is 12.9. The molecule has 164 valence electrons. The van der Waals surface area contributed by atoms with Crippen molar-refractivity contribution in [3.63, 3.8) is 0 Å². The highest BCUT2D eigenvalue weighted by Crippen LogP contribution is 2.41. The van der Waals surface area contributed by atoms with Crippen LogP contribution in [-0.2, 0) is 9.53 Å². The number of nitrogens with one attached hydrogen (secondary N) is 2. The highest BCUT2D eigenvalue weighted by Gasteiger charge is 2.38. The van der Waals surface area contributed by atoms with Crippen LogP contribution >= 0.6 is 0 Å². The van der Waals surface area contributed by atoms with Gasteiger partial charge in [-0.2, -0.15) is 0 Å². The molecular formula is C20H27N3O7. The van der Waals surface area contributed by atoms with E-state index in [0.29, 0.717) is 12.1 Å². The van der Waals surface area contributed by atoms with E-state index in [0.717, 1.165) is 12.8 Å². The number of methoxy groups -OCH3 is 2. The standard InChI is InChI=1S/C20H27N3O7/c1-6-7-8-13-17(19(24)30-11(2)3)18(22-20(25)21-13)12-9-15(28-4)16(29-5)10-14(12)23(26)27/h9-11,18H,6-8H2,1-5H3,(H2,21,22,25). The Bertz CT molecular complexity index is 864. The Kier molecular flexibility index (Phi) is 7.62. The zero-order chi connectivity index (χ0) is 22.4. The number of hydrogen-bond acceptors (Lipinski definition) is 7. The molecule has 1 aromatic rings. The van der Waals surface area contributed by atoms with E-state index < -0.39 is 29.1 Å². The molecule has 30 heavy (non-hydrogen) atoms. The number of nitro benzene ring substituents is 1. The normalized spacial score (nSPS) is 16.1. The van der Waals surface area contributed by atoms with E-state index in [1.807, 2.05) is 6.92 Å². The number of ether oxygens (including phenoxy) is 3. The second-order valence-corrected chi connectivity index (χ2v) is 7.00. The lowest BCUT2D eigenvalue weighted by molar-refractivity contribution is -0.385. The number of hydrogen-bond donors (Lipinski definition) is 2. The molecule has 0 radical (unpaired) electrons. The molecule has 0 fully saturated rings. The molecule has 10 heteroatoms. The number of nitrogens with zero attached hydrogens (tertiary/aromatic N) is 1. The van der Waals surface area contributed by atoms with Crippen LogP contribution in [0.4, 0.5) is 10.5 Å². The van der Waals surface area contributed by atoms with Crippen LogP contribution in [0.15, 0.2) is 23.4 Å². The molecule has 0 spiro atoms. The van der Waals surface area contributed by atoms with Crippen LogP contribution in [0.5, 0.6) is 11.5 Å². The highest BCUT2D eigenvalue weighted by molar-refractivity contribution is 5.95. The van der Waals surface area contributed by atoms with Crippen molar-refractivity contribution in [2.45, 2.75) is 52.2 Å². The van der Waals surface area contributed by atoms with Crippen LogP contribution in [0.3, 0.4) is 0 Å². The number of urea groups is 1. The topological polar surface area (TPSA) is 129 Å². The number of esters is 1. The zero-order valence-corrected chi connectivity index (χ0v) is 17.7. The van der Waals surface area contributed by atoms with Gasteiger partial charge < -0.3 is 24.8 Å². The molecule has 0 aliphatic carbocycles. The van der Waals surface area contributed by atoms with Gasteiger partial charge in [-0.1, -0.05) is 13.3 Å². The minimum absolute atomic E-state index is 0.0946. The van der Waals surface area contributed by atoms with Crippen molar-refractivity contribution in [3.8, 4) is 11.5 Å². The third kappa shape index (κ3) is 5.00. The maximum absolute atomic E-state index is 12.9. The van der Waals surface area contributed by atoms with Gasteiger partial charge in [-0.3, -0.25) is 10.1 Å². The van der Waals surface area contributed by atoms with E-state index in [1.54, 1.807) is 13.8 Å². The third-order valence-corrected chi connectivity index (χ3v) is 4.54. The zero-order valence-electron chi connectivity index (χ0n) is 17.7. The Labute approximate surface area is 174 Å². The van der Waals surface area contributed by atoms with Gasteiger partial charge in [0.25, 0.3) is 5.69 Å². The van der Waals surface area contributed by atoms with Crippen LogP contribution in [-0.4, -0.2) is 37.2 Å². The van der Waals surface area contributed by atoms with Gasteiger partial charge in [0, 0.05) is 5.70 Å². The Hall–Kier alpha value is -3.30. The highest BCUT2D eigenvalue weighted by atomic mass is 16.6. The average Bonchev–Trinajstić information content (AvgIpc) is 2.69. The van der Waals surface area contributed by atoms with Gasteiger partial charge in [0.05, 0.1) is 48.5 Å². The Morgan fingerprint density at radius 2 is 1.87 bits per heavy atom. The minimum atomic E-state index is -1.09. The number of benzene rings is 1. The molecule has 1 aliphatic heterocycles. The van der Waals surface area contributed by atoms with Crippen LogP contribution in [0.25, 0.3) is 0 Å². The summed E-state index contributed by atoms with van der Waals surface area (Å²) in [6, 6.07) is 0.959. The molecule has 0 saturated heterocycles. The quantitative estimate of drug-likeness (QED) is 0.355. The molecule has 0 aromatic heterocycles. The first-order valence-electron chi connectivity index (χ1n) is 9.65. The molecule has 10 nitrogen and oxygen atoms in total. The molecule has 0 bridgehead atoms. The number of carbonyl (C=O) groups is 2. The molecule has 1 atom stereocenters. The van der Waals surface area contributed by atoms with Gasteiger partial charge in [0.2, 0.25) is 0 Å². The van der Waals surface area contributed by atoms with Crippen molar-refractivity contribution in [2.24, 2.45) is 0 Å². The van der Waals surface area contributed by atoms with Crippen LogP contribution in [0.1, 0.15) is 51.6 Å². The molecule has 2 rings (SSSR count). The number of carbonyl (C=O) groups excluding carboxylic acids is 2. The van der Waals surface area contributed by atoms with Crippen LogP contribution in [0.2, 0.25) is 0 Å². The van der Waals surface area contributed by atoms with Gasteiger partial charge in [-0.05, 0) is 32.8 Å². The second-order valence-electron chi connectivity index (χ2n) is 7.00. The number of rotatable bonds is 9. The number of amides is 2. The number of allylic oxidation sites excluding steroid dienone is 1. The summed E-state index contributed by atoms with van der Waals surface area (Å²) in [5, 5.41) is 17.0. The molecule has 1 heterocycles.